The highest BCUT2D eigenvalue weighted by atomic mass is 16.7. The lowest BCUT2D eigenvalue weighted by Crippen LogP contribution is -2.65. The van der Waals surface area contributed by atoms with Crippen LogP contribution in [-0.2, 0) is 34.9 Å². The molecule has 10 atom stereocenters. The van der Waals surface area contributed by atoms with Crippen LogP contribution in [0.5, 0.6) is 0 Å². The highest BCUT2D eigenvalue weighted by Gasteiger charge is 2.68. The molecule has 4 fully saturated rings. The van der Waals surface area contributed by atoms with Gasteiger partial charge in [-0.2, -0.15) is 0 Å². The zero-order chi connectivity index (χ0) is 45.1. The van der Waals surface area contributed by atoms with Crippen LogP contribution >= 0.6 is 0 Å². The summed E-state index contributed by atoms with van der Waals surface area (Å²) in [5.41, 5.74) is 13.6. The summed E-state index contributed by atoms with van der Waals surface area (Å²) in [5.74, 6) is -2.63. The number of aliphatic hydroxyl groups excluding tert-OH is 1. The average Bonchev–Trinajstić information content (AvgIpc) is 3.58. The van der Waals surface area contributed by atoms with E-state index in [2.05, 4.69) is 54.3 Å². The van der Waals surface area contributed by atoms with Crippen LogP contribution in [0.2, 0.25) is 0 Å². The molecule has 1 aliphatic heterocycles. The van der Waals surface area contributed by atoms with Gasteiger partial charge in [0.2, 0.25) is 23.6 Å². The Kier molecular flexibility index (Phi) is 18.6. The van der Waals surface area contributed by atoms with E-state index in [1.807, 2.05) is 26.0 Å². The summed E-state index contributed by atoms with van der Waals surface area (Å²) in [4.78, 5) is 67.6. The first-order chi connectivity index (χ1) is 28.9. The highest BCUT2D eigenvalue weighted by molar-refractivity contribution is 6.47. The Labute approximate surface area is 364 Å². The van der Waals surface area contributed by atoms with Gasteiger partial charge in [0.25, 0.3) is 5.91 Å². The molecule has 1 heterocycles. The first-order valence-electron chi connectivity index (χ1n) is 22.9. The second kappa shape index (κ2) is 22.7. The molecule has 0 spiro atoms. The topological polar surface area (TPSA) is 236 Å². The van der Waals surface area contributed by atoms with Crippen molar-refractivity contribution in [1.82, 2.24) is 26.6 Å². The number of nitrogens with two attached hydrogens (primary N) is 2. The second-order valence-corrected chi connectivity index (χ2v) is 18.7. The van der Waals surface area contributed by atoms with E-state index < -0.39 is 78.5 Å². The predicted octanol–water partition coefficient (Wildman–Crippen LogP) is 3.10. The lowest BCUT2D eigenvalue weighted by atomic mass is 9.43. The Morgan fingerprint density at radius 3 is 2.11 bits per heavy atom. The van der Waals surface area contributed by atoms with E-state index in [1.54, 1.807) is 6.07 Å². The van der Waals surface area contributed by atoms with Gasteiger partial charge in [0, 0.05) is 5.56 Å². The van der Waals surface area contributed by atoms with Crippen molar-refractivity contribution in [3.8, 4) is 0 Å². The van der Waals surface area contributed by atoms with E-state index in [9.17, 15) is 29.1 Å². The van der Waals surface area contributed by atoms with E-state index in [1.165, 1.54) is 39.5 Å². The van der Waals surface area contributed by atoms with Crippen LogP contribution in [0, 0.1) is 24.2 Å². The molecule has 3 aliphatic carbocycles. The quantitative estimate of drug-likeness (QED) is 0.0529. The average molecular weight is 854 g/mol. The normalized spacial score (nSPS) is 24.2. The summed E-state index contributed by atoms with van der Waals surface area (Å²) < 4.78 is 12.9. The molecule has 342 valence electrons. The lowest BCUT2D eigenvalue weighted by molar-refractivity contribution is -0.199. The molecule has 1 saturated heterocycles. The van der Waals surface area contributed by atoms with Crippen LogP contribution < -0.4 is 38.1 Å². The van der Waals surface area contributed by atoms with Gasteiger partial charge in [-0.3, -0.25) is 24.0 Å². The predicted molar refractivity (Wildman–Crippen MR) is 237 cm³/mol. The Bertz CT molecular complexity index is 1660. The fraction of sp³-hybridized carbons (Fsp3) is 0.756. The minimum absolute atomic E-state index is 0.0507. The molecule has 3 saturated carbocycles. The van der Waals surface area contributed by atoms with Crippen molar-refractivity contribution in [2.45, 2.75) is 187 Å². The number of aryl methyl sites for hydroxylation is 2. The van der Waals surface area contributed by atoms with Gasteiger partial charge in [0.15, 0.2) is 0 Å². The number of rotatable bonds is 25. The first kappa shape index (κ1) is 50.1. The van der Waals surface area contributed by atoms with Crippen molar-refractivity contribution < 1.29 is 38.4 Å². The van der Waals surface area contributed by atoms with Crippen LogP contribution in [0.1, 0.15) is 147 Å². The first-order valence-corrected chi connectivity index (χ1v) is 22.9. The molecular formula is C45H76BN7O8. The fourth-order valence-corrected chi connectivity index (χ4v) is 9.51. The van der Waals surface area contributed by atoms with Gasteiger partial charge in [-0.1, -0.05) is 65.0 Å². The maximum atomic E-state index is 13.7. The van der Waals surface area contributed by atoms with E-state index in [0.717, 1.165) is 43.2 Å². The third-order valence-corrected chi connectivity index (χ3v) is 13.6. The number of unbranched alkanes of at least 4 members (excludes halogenated alkanes) is 6. The van der Waals surface area contributed by atoms with E-state index in [4.69, 9.17) is 20.8 Å². The molecule has 0 aromatic heterocycles. The number of aliphatic hydroxyl groups is 1. The molecule has 0 radical (unpaired) electrons. The highest BCUT2D eigenvalue weighted by Crippen LogP contribution is 2.65. The summed E-state index contributed by atoms with van der Waals surface area (Å²) in [6, 6.07) is 1.01. The minimum Gasteiger partial charge on any atom is -0.404 e. The number of amides is 5. The minimum atomic E-state index is -1.47. The molecule has 4 aliphatic rings. The SMILES string of the molecule is CCCCCCCCc1ccc(C(=O)N[C@@H](CCN)C(=O)N[C@H](C(=O)N[C@@H](C)C(=O)N[C@@H](CCCCN)C(=O)N[C@@H](C)B2O[C@@H]3C[C@@H]4C[C@@H](C4(C)C)[C@]3(C)O2)[C@@H](C)O)c(C)c1. The number of carbonyl (C=O) groups is 5. The van der Waals surface area contributed by atoms with E-state index in [-0.39, 0.29) is 24.5 Å². The van der Waals surface area contributed by atoms with Crippen LogP contribution in [0.15, 0.2) is 18.2 Å². The smallest absolute Gasteiger partial charge is 0.404 e. The van der Waals surface area contributed by atoms with Gasteiger partial charge < -0.3 is 52.5 Å². The van der Waals surface area contributed by atoms with Crippen molar-refractivity contribution in [3.63, 3.8) is 0 Å². The standard InChI is InChI=1S/C45H76BN7O8/c1-9-10-11-12-13-14-17-31-19-20-33(27(2)24-31)40(56)52-35(21-23-48)42(58)53-38(29(4)54)43(59)49-28(3)39(55)51-34(18-15-16-22-47)41(57)50-30(5)46-60-37-26-32-25-36(44(32,6)7)45(37,8)61-46/h19-20,24,28-30,32,34-38,54H,9-18,21-23,25-26,47-48H2,1-8H3,(H,49,59)(H,50,57)(H,51,55)(H,52,56)(H,53,58)/t28-,29+,30-,32-,34-,35-,36-,37+,38-,45-/m0/s1. The molecule has 15 nitrogen and oxygen atoms in total. The zero-order valence-corrected chi connectivity index (χ0v) is 38.1. The Balaban J connectivity index is 1.32. The number of hydrogen-bond acceptors (Lipinski definition) is 10. The van der Waals surface area contributed by atoms with Gasteiger partial charge in [0.1, 0.15) is 24.2 Å². The lowest BCUT2D eigenvalue weighted by Gasteiger charge is -2.64. The molecule has 10 N–H and O–H groups in total. The Morgan fingerprint density at radius 2 is 1.48 bits per heavy atom. The molecule has 61 heavy (non-hydrogen) atoms. The maximum absolute atomic E-state index is 13.7. The molecule has 1 aromatic carbocycles. The monoisotopic (exact) mass is 854 g/mol. The molecular weight excluding hydrogens is 777 g/mol. The number of hydrogen-bond donors (Lipinski definition) is 8. The van der Waals surface area contributed by atoms with Crippen molar-refractivity contribution in [1.29, 1.82) is 0 Å². The number of benzene rings is 1. The van der Waals surface area contributed by atoms with Crippen LogP contribution in [0.4, 0.5) is 0 Å². The van der Waals surface area contributed by atoms with Crippen LogP contribution in [0.3, 0.4) is 0 Å². The third kappa shape index (κ3) is 12.8. The number of nitrogens with one attached hydrogen (secondary N) is 5. The summed E-state index contributed by atoms with van der Waals surface area (Å²) in [6.07, 6.45) is 10.3. The third-order valence-electron chi connectivity index (χ3n) is 13.6. The maximum Gasteiger partial charge on any atom is 0.481 e. The largest absolute Gasteiger partial charge is 0.481 e. The van der Waals surface area contributed by atoms with Gasteiger partial charge in [-0.05, 0) is 134 Å². The van der Waals surface area contributed by atoms with Crippen molar-refractivity contribution in [3.05, 3.63) is 34.9 Å². The van der Waals surface area contributed by atoms with Gasteiger partial charge in [-0.25, -0.2) is 0 Å². The van der Waals surface area contributed by atoms with Crippen molar-refractivity contribution >= 4 is 36.7 Å². The summed E-state index contributed by atoms with van der Waals surface area (Å²) in [5, 5.41) is 24.2. The Morgan fingerprint density at radius 1 is 0.803 bits per heavy atom. The fourth-order valence-electron chi connectivity index (χ4n) is 9.51. The van der Waals surface area contributed by atoms with Gasteiger partial charge in [0.05, 0.1) is 23.8 Å². The van der Waals surface area contributed by atoms with E-state index >= 15 is 0 Å². The molecule has 16 heteroatoms. The summed E-state index contributed by atoms with van der Waals surface area (Å²) >= 11 is 0. The summed E-state index contributed by atoms with van der Waals surface area (Å²) in [7, 11) is -0.645. The zero-order valence-electron chi connectivity index (χ0n) is 38.1. The van der Waals surface area contributed by atoms with Gasteiger partial charge in [-0.15, -0.1) is 0 Å². The van der Waals surface area contributed by atoms with Crippen molar-refractivity contribution in [2.75, 3.05) is 13.1 Å². The Hall–Kier alpha value is -3.57. The second-order valence-electron chi connectivity index (χ2n) is 18.7. The molecule has 0 unspecified atom stereocenters. The number of carbonyl (C=O) groups excluding carboxylic acids is 5. The van der Waals surface area contributed by atoms with Crippen molar-refractivity contribution in [2.24, 2.45) is 28.7 Å². The molecule has 5 rings (SSSR count). The molecule has 5 amide bonds. The van der Waals surface area contributed by atoms with E-state index in [0.29, 0.717) is 43.2 Å². The van der Waals surface area contributed by atoms with Gasteiger partial charge >= 0.3 is 7.12 Å². The van der Waals surface area contributed by atoms with Crippen LogP contribution in [-0.4, -0.2) is 103 Å². The van der Waals surface area contributed by atoms with Crippen LogP contribution in [0.25, 0.3) is 0 Å². The molecule has 2 bridgehead atoms. The molecule has 1 aromatic rings. The summed E-state index contributed by atoms with van der Waals surface area (Å²) in [6.45, 7) is 15.8.